The smallest absolute Gasteiger partial charge is 0.277 e. The molecule has 35 heavy (non-hydrogen) atoms. The number of hydrogen-bond donors (Lipinski definition) is 0. The molecule has 3 heterocycles. The van der Waals surface area contributed by atoms with Gasteiger partial charge in [0.15, 0.2) is 6.61 Å². The Bertz CT molecular complexity index is 1400. The minimum absolute atomic E-state index is 0.0135. The molecule has 0 bridgehead atoms. The molecule has 1 fully saturated rings. The lowest BCUT2D eigenvalue weighted by molar-refractivity contribution is -0.133. The molecule has 180 valence electrons. The van der Waals surface area contributed by atoms with Gasteiger partial charge in [0.25, 0.3) is 11.5 Å². The summed E-state index contributed by atoms with van der Waals surface area (Å²) in [6.07, 6.45) is 0.967. The zero-order valence-electron chi connectivity index (χ0n) is 19.8. The SMILES string of the molecule is CCc1ccc(OCC(=O)N2CCN(c3cc(=O)n4nc(-c5ccccc5C)sc4n3)CC2)cc1. The molecule has 1 aliphatic heterocycles. The van der Waals surface area contributed by atoms with Crippen molar-refractivity contribution in [3.05, 3.63) is 76.1 Å². The molecule has 0 saturated carbocycles. The maximum absolute atomic E-state index is 12.8. The number of aromatic nitrogens is 3. The first-order valence-corrected chi connectivity index (χ1v) is 12.5. The minimum atomic E-state index is -0.206. The summed E-state index contributed by atoms with van der Waals surface area (Å²) in [5.74, 6) is 1.27. The zero-order chi connectivity index (χ0) is 24.4. The van der Waals surface area contributed by atoms with Crippen LogP contribution in [0.2, 0.25) is 0 Å². The average Bonchev–Trinajstić information content (AvgIpc) is 3.32. The van der Waals surface area contributed by atoms with Gasteiger partial charge in [0.05, 0.1) is 0 Å². The summed E-state index contributed by atoms with van der Waals surface area (Å²) in [4.78, 5) is 34.5. The topological polar surface area (TPSA) is 80.0 Å². The maximum Gasteiger partial charge on any atom is 0.277 e. The van der Waals surface area contributed by atoms with Crippen LogP contribution in [0.1, 0.15) is 18.1 Å². The van der Waals surface area contributed by atoms with Crippen LogP contribution in [0.3, 0.4) is 0 Å². The van der Waals surface area contributed by atoms with Crippen LogP contribution in [0.4, 0.5) is 5.82 Å². The predicted octanol–water partition coefficient (Wildman–Crippen LogP) is 3.42. The molecule has 0 radical (unpaired) electrons. The van der Waals surface area contributed by atoms with Crippen LogP contribution in [0.5, 0.6) is 5.75 Å². The summed E-state index contributed by atoms with van der Waals surface area (Å²) in [6.45, 7) is 6.44. The van der Waals surface area contributed by atoms with Gasteiger partial charge in [-0.15, -0.1) is 0 Å². The van der Waals surface area contributed by atoms with Crippen molar-refractivity contribution in [3.63, 3.8) is 0 Å². The van der Waals surface area contributed by atoms with Crippen LogP contribution < -0.4 is 15.2 Å². The molecule has 2 aromatic carbocycles. The Morgan fingerprint density at radius 1 is 1.06 bits per heavy atom. The highest BCUT2D eigenvalue weighted by Crippen LogP contribution is 2.27. The number of benzene rings is 2. The van der Waals surface area contributed by atoms with Gasteiger partial charge in [0, 0.05) is 37.8 Å². The lowest BCUT2D eigenvalue weighted by atomic mass is 10.1. The van der Waals surface area contributed by atoms with Gasteiger partial charge in [-0.05, 0) is 36.6 Å². The molecule has 0 N–H and O–H groups in total. The van der Waals surface area contributed by atoms with Gasteiger partial charge in [-0.2, -0.15) is 9.61 Å². The number of hydrogen-bond acceptors (Lipinski definition) is 7. The van der Waals surface area contributed by atoms with Crippen LogP contribution in [0.15, 0.2) is 59.4 Å². The fraction of sp³-hybridized carbons (Fsp3) is 0.308. The monoisotopic (exact) mass is 489 g/mol. The summed E-state index contributed by atoms with van der Waals surface area (Å²) in [6, 6.07) is 17.3. The summed E-state index contributed by atoms with van der Waals surface area (Å²) < 4.78 is 7.04. The highest BCUT2D eigenvalue weighted by molar-refractivity contribution is 7.19. The first-order valence-electron chi connectivity index (χ1n) is 11.7. The van der Waals surface area contributed by atoms with E-state index in [0.29, 0.717) is 42.7 Å². The summed E-state index contributed by atoms with van der Waals surface area (Å²) in [7, 11) is 0. The van der Waals surface area contributed by atoms with Crippen LogP contribution in [0.25, 0.3) is 15.5 Å². The Balaban J connectivity index is 1.23. The molecule has 0 spiro atoms. The Morgan fingerprint density at radius 3 is 2.51 bits per heavy atom. The first kappa shape index (κ1) is 23.0. The maximum atomic E-state index is 12.8. The van der Waals surface area contributed by atoms with Crippen molar-refractivity contribution in [2.24, 2.45) is 0 Å². The van der Waals surface area contributed by atoms with Crippen LogP contribution in [-0.4, -0.2) is 58.2 Å². The Morgan fingerprint density at radius 2 is 1.80 bits per heavy atom. The van der Waals surface area contributed by atoms with Gasteiger partial charge < -0.3 is 14.5 Å². The van der Waals surface area contributed by atoms with E-state index in [-0.39, 0.29) is 18.1 Å². The summed E-state index contributed by atoms with van der Waals surface area (Å²) >= 11 is 1.40. The van der Waals surface area contributed by atoms with Crippen molar-refractivity contribution in [1.29, 1.82) is 0 Å². The molecule has 8 nitrogen and oxygen atoms in total. The number of fused-ring (bicyclic) bond motifs is 1. The van der Waals surface area contributed by atoms with Crippen molar-refractivity contribution in [2.45, 2.75) is 20.3 Å². The second-order valence-electron chi connectivity index (χ2n) is 8.52. The molecule has 0 unspecified atom stereocenters. The molecule has 1 aliphatic rings. The van der Waals surface area contributed by atoms with E-state index in [1.165, 1.54) is 27.5 Å². The molecular formula is C26H27N5O3S. The predicted molar refractivity (Wildman–Crippen MR) is 137 cm³/mol. The molecule has 9 heteroatoms. The van der Waals surface area contributed by atoms with E-state index < -0.39 is 0 Å². The fourth-order valence-corrected chi connectivity index (χ4v) is 5.12. The minimum Gasteiger partial charge on any atom is -0.484 e. The molecular weight excluding hydrogens is 462 g/mol. The van der Waals surface area contributed by atoms with E-state index >= 15 is 0 Å². The van der Waals surface area contributed by atoms with Gasteiger partial charge in [-0.3, -0.25) is 9.59 Å². The Hall–Kier alpha value is -3.72. The molecule has 1 saturated heterocycles. The quantitative estimate of drug-likeness (QED) is 0.413. The van der Waals surface area contributed by atoms with Gasteiger partial charge in [-0.1, -0.05) is 54.7 Å². The summed E-state index contributed by atoms with van der Waals surface area (Å²) in [5.41, 5.74) is 3.13. The highest BCUT2D eigenvalue weighted by Gasteiger charge is 2.23. The van der Waals surface area contributed by atoms with Crippen molar-refractivity contribution in [2.75, 3.05) is 37.7 Å². The van der Waals surface area contributed by atoms with Crippen LogP contribution in [0, 0.1) is 6.92 Å². The average molecular weight is 490 g/mol. The van der Waals surface area contributed by atoms with Crippen molar-refractivity contribution < 1.29 is 9.53 Å². The zero-order valence-corrected chi connectivity index (χ0v) is 20.6. The van der Waals surface area contributed by atoms with Gasteiger partial charge >= 0.3 is 0 Å². The van der Waals surface area contributed by atoms with E-state index in [2.05, 4.69) is 12.0 Å². The number of amides is 1. The number of carbonyl (C=O) groups excluding carboxylic acids is 1. The van der Waals surface area contributed by atoms with E-state index in [0.717, 1.165) is 22.6 Å². The number of aryl methyl sites for hydroxylation is 2. The number of piperazine rings is 1. The number of nitrogens with zero attached hydrogens (tertiary/aromatic N) is 5. The Kier molecular flexibility index (Phi) is 6.50. The molecule has 1 amide bonds. The van der Waals surface area contributed by atoms with E-state index in [1.54, 1.807) is 4.90 Å². The van der Waals surface area contributed by atoms with Crippen LogP contribution in [-0.2, 0) is 11.2 Å². The van der Waals surface area contributed by atoms with Crippen molar-refractivity contribution in [3.8, 4) is 16.3 Å². The fourth-order valence-electron chi connectivity index (χ4n) is 4.13. The van der Waals surface area contributed by atoms with Gasteiger partial charge in [-0.25, -0.2) is 4.98 Å². The largest absolute Gasteiger partial charge is 0.484 e. The lowest BCUT2D eigenvalue weighted by Crippen LogP contribution is -2.50. The second-order valence-corrected chi connectivity index (χ2v) is 9.48. The van der Waals surface area contributed by atoms with E-state index in [4.69, 9.17) is 9.72 Å². The van der Waals surface area contributed by atoms with Gasteiger partial charge in [0.1, 0.15) is 16.6 Å². The van der Waals surface area contributed by atoms with Gasteiger partial charge in [0.2, 0.25) is 4.96 Å². The van der Waals surface area contributed by atoms with Crippen LogP contribution >= 0.6 is 11.3 Å². The summed E-state index contributed by atoms with van der Waals surface area (Å²) in [5, 5.41) is 5.26. The molecule has 4 aromatic rings. The number of carbonyl (C=O) groups is 1. The second kappa shape index (κ2) is 9.87. The lowest BCUT2D eigenvalue weighted by Gasteiger charge is -2.35. The number of ether oxygens (including phenoxy) is 1. The third-order valence-corrected chi connectivity index (χ3v) is 7.20. The van der Waals surface area contributed by atoms with E-state index in [9.17, 15) is 9.59 Å². The van der Waals surface area contributed by atoms with Crippen molar-refractivity contribution in [1.82, 2.24) is 19.5 Å². The number of rotatable bonds is 6. The normalized spacial score (nSPS) is 13.9. The third-order valence-electron chi connectivity index (χ3n) is 6.26. The molecule has 5 rings (SSSR count). The Labute approximate surface area is 207 Å². The third kappa shape index (κ3) is 4.90. The standard InChI is InChI=1S/C26H27N5O3S/c1-3-19-8-10-20(11-9-19)34-17-24(33)30-14-12-29(13-15-30)22-16-23(32)31-26(27-22)35-25(28-31)21-7-5-4-6-18(21)2/h4-11,16H,3,12-15,17H2,1-2H3. The van der Waals surface area contributed by atoms with E-state index in [1.807, 2.05) is 60.4 Å². The molecule has 0 aliphatic carbocycles. The first-order chi connectivity index (χ1) is 17.0. The number of anilines is 1. The highest BCUT2D eigenvalue weighted by atomic mass is 32.1. The van der Waals surface area contributed by atoms with Crippen molar-refractivity contribution >= 4 is 28.0 Å². The molecule has 2 aromatic heterocycles. The molecule has 0 atom stereocenters.